The minimum absolute atomic E-state index is 0.214. The molecule has 1 amide bonds. The molecule has 2 aliphatic carbocycles. The van der Waals surface area contributed by atoms with E-state index in [-0.39, 0.29) is 17.8 Å². The molecule has 138 valence electrons. The Bertz CT molecular complexity index is 1050. The van der Waals surface area contributed by atoms with Gasteiger partial charge in [-0.1, -0.05) is 6.42 Å². The van der Waals surface area contributed by atoms with Crippen molar-refractivity contribution in [1.29, 1.82) is 0 Å². The molecule has 2 heterocycles. The Labute approximate surface area is 156 Å². The number of nitrogens with one attached hydrogen (secondary N) is 1. The van der Waals surface area contributed by atoms with E-state index in [2.05, 4.69) is 15.5 Å². The standard InChI is InChI=1S/C21H21FN4O/c1-12-17(9-15(10-18(12)22)21(27)23-16-5-6-16)14-7-8-26-19(11-14)24-25-20(26)13-3-2-4-13/h7-11,13,16H,2-6H2,1H3,(H,23,27). The first-order valence-corrected chi connectivity index (χ1v) is 9.56. The predicted molar refractivity (Wildman–Crippen MR) is 100 cm³/mol. The molecular weight excluding hydrogens is 343 g/mol. The van der Waals surface area contributed by atoms with Gasteiger partial charge >= 0.3 is 0 Å². The average molecular weight is 364 g/mol. The highest BCUT2D eigenvalue weighted by Crippen LogP contribution is 2.36. The first kappa shape index (κ1) is 16.4. The zero-order valence-electron chi connectivity index (χ0n) is 15.2. The number of benzene rings is 1. The SMILES string of the molecule is Cc1c(F)cc(C(=O)NC2CC2)cc1-c1ccn2c(C3CCC3)nnc2c1. The van der Waals surface area contributed by atoms with E-state index >= 15 is 0 Å². The van der Waals surface area contributed by atoms with Gasteiger partial charge in [0.2, 0.25) is 0 Å². The van der Waals surface area contributed by atoms with Gasteiger partial charge in [-0.05, 0) is 73.6 Å². The van der Waals surface area contributed by atoms with E-state index in [4.69, 9.17) is 0 Å². The van der Waals surface area contributed by atoms with E-state index in [1.165, 1.54) is 12.5 Å². The van der Waals surface area contributed by atoms with Crippen LogP contribution in [-0.2, 0) is 0 Å². The maximum atomic E-state index is 14.5. The molecule has 0 radical (unpaired) electrons. The van der Waals surface area contributed by atoms with Crippen molar-refractivity contribution in [1.82, 2.24) is 19.9 Å². The number of rotatable bonds is 4. The molecule has 2 fully saturated rings. The predicted octanol–water partition coefficient (Wildman–Crippen LogP) is 4.00. The fourth-order valence-electron chi connectivity index (χ4n) is 3.63. The van der Waals surface area contributed by atoms with Crippen LogP contribution >= 0.6 is 0 Å². The fourth-order valence-corrected chi connectivity index (χ4v) is 3.63. The van der Waals surface area contributed by atoms with Crippen molar-refractivity contribution in [3.05, 3.63) is 53.2 Å². The summed E-state index contributed by atoms with van der Waals surface area (Å²) in [4.78, 5) is 12.4. The monoisotopic (exact) mass is 364 g/mol. The smallest absolute Gasteiger partial charge is 0.251 e. The number of halogens is 1. The maximum absolute atomic E-state index is 14.5. The summed E-state index contributed by atoms with van der Waals surface area (Å²) in [5.41, 5.74) is 3.19. The van der Waals surface area contributed by atoms with Crippen LogP contribution < -0.4 is 5.32 Å². The number of hydrogen-bond acceptors (Lipinski definition) is 3. The van der Waals surface area contributed by atoms with Crippen LogP contribution in [-0.4, -0.2) is 26.5 Å². The molecule has 1 N–H and O–H groups in total. The van der Waals surface area contributed by atoms with Crippen molar-refractivity contribution in [2.45, 2.75) is 51.0 Å². The molecule has 2 aliphatic rings. The molecule has 0 spiro atoms. The van der Waals surface area contributed by atoms with Crippen LogP contribution in [0, 0.1) is 12.7 Å². The van der Waals surface area contributed by atoms with Gasteiger partial charge in [0.25, 0.3) is 5.91 Å². The lowest BCUT2D eigenvalue weighted by atomic mass is 9.85. The summed E-state index contributed by atoms with van der Waals surface area (Å²) >= 11 is 0. The van der Waals surface area contributed by atoms with Crippen LogP contribution in [0.15, 0.2) is 30.5 Å². The van der Waals surface area contributed by atoms with Crippen LogP contribution in [0.1, 0.15) is 59.8 Å². The van der Waals surface area contributed by atoms with Gasteiger partial charge in [0.15, 0.2) is 5.65 Å². The highest BCUT2D eigenvalue weighted by molar-refractivity contribution is 5.96. The van der Waals surface area contributed by atoms with Gasteiger partial charge in [0.05, 0.1) is 0 Å². The number of nitrogens with zero attached hydrogens (tertiary/aromatic N) is 3. The molecule has 0 atom stereocenters. The topological polar surface area (TPSA) is 59.3 Å². The number of aromatic nitrogens is 3. The van der Waals surface area contributed by atoms with Crippen LogP contribution in [0.25, 0.3) is 16.8 Å². The number of amides is 1. The zero-order chi connectivity index (χ0) is 18.5. The molecule has 5 rings (SSSR count). The molecule has 1 aromatic carbocycles. The molecule has 0 aliphatic heterocycles. The van der Waals surface area contributed by atoms with E-state index in [1.54, 1.807) is 13.0 Å². The average Bonchev–Trinajstić information content (AvgIpc) is 3.34. The Morgan fingerprint density at radius 2 is 2.00 bits per heavy atom. The van der Waals surface area contributed by atoms with Gasteiger partial charge in [-0.15, -0.1) is 10.2 Å². The number of carbonyl (C=O) groups is 1. The summed E-state index contributed by atoms with van der Waals surface area (Å²) in [6.45, 7) is 1.74. The van der Waals surface area contributed by atoms with Crippen molar-refractivity contribution in [2.75, 3.05) is 0 Å². The summed E-state index contributed by atoms with van der Waals surface area (Å²) in [6, 6.07) is 7.19. The van der Waals surface area contributed by atoms with Crippen molar-refractivity contribution >= 4 is 11.6 Å². The van der Waals surface area contributed by atoms with Gasteiger partial charge in [-0.25, -0.2) is 4.39 Å². The van der Waals surface area contributed by atoms with E-state index in [0.717, 1.165) is 42.7 Å². The molecule has 6 heteroatoms. The van der Waals surface area contributed by atoms with E-state index in [1.807, 2.05) is 22.7 Å². The maximum Gasteiger partial charge on any atom is 0.251 e. The second-order valence-electron chi connectivity index (χ2n) is 7.71. The minimum atomic E-state index is -0.370. The lowest BCUT2D eigenvalue weighted by molar-refractivity contribution is 0.0950. The minimum Gasteiger partial charge on any atom is -0.349 e. The molecule has 5 nitrogen and oxygen atoms in total. The van der Waals surface area contributed by atoms with Crippen LogP contribution in [0.3, 0.4) is 0 Å². The first-order valence-electron chi connectivity index (χ1n) is 9.56. The Morgan fingerprint density at radius 1 is 1.19 bits per heavy atom. The zero-order valence-corrected chi connectivity index (χ0v) is 15.2. The first-order chi connectivity index (χ1) is 13.1. The third kappa shape index (κ3) is 2.89. The number of pyridine rings is 1. The Morgan fingerprint density at radius 3 is 2.70 bits per heavy atom. The quantitative estimate of drug-likeness (QED) is 0.761. The molecule has 3 aromatic rings. The molecule has 0 unspecified atom stereocenters. The lowest BCUT2D eigenvalue weighted by Crippen LogP contribution is -2.25. The Balaban J connectivity index is 1.54. The fraction of sp³-hybridized carbons (Fsp3) is 0.381. The summed E-state index contributed by atoms with van der Waals surface area (Å²) in [5.74, 6) is 0.904. The Hall–Kier alpha value is -2.76. The molecule has 27 heavy (non-hydrogen) atoms. The molecule has 0 saturated heterocycles. The second-order valence-corrected chi connectivity index (χ2v) is 7.71. The van der Waals surface area contributed by atoms with Crippen molar-refractivity contribution in [2.24, 2.45) is 0 Å². The van der Waals surface area contributed by atoms with E-state index < -0.39 is 0 Å². The third-order valence-electron chi connectivity index (χ3n) is 5.74. The van der Waals surface area contributed by atoms with E-state index in [9.17, 15) is 9.18 Å². The molecule has 2 aromatic heterocycles. The normalized spacial score (nSPS) is 17.1. The summed E-state index contributed by atoms with van der Waals surface area (Å²) in [5, 5.41) is 11.6. The van der Waals surface area contributed by atoms with E-state index in [0.29, 0.717) is 22.6 Å². The van der Waals surface area contributed by atoms with Crippen molar-refractivity contribution < 1.29 is 9.18 Å². The largest absolute Gasteiger partial charge is 0.349 e. The number of hydrogen-bond donors (Lipinski definition) is 1. The van der Waals surface area contributed by atoms with Gasteiger partial charge in [0.1, 0.15) is 11.6 Å². The Kier molecular flexibility index (Phi) is 3.74. The van der Waals surface area contributed by atoms with Crippen molar-refractivity contribution in [3.63, 3.8) is 0 Å². The van der Waals surface area contributed by atoms with Crippen LogP contribution in [0.5, 0.6) is 0 Å². The van der Waals surface area contributed by atoms with Gasteiger partial charge < -0.3 is 5.32 Å². The van der Waals surface area contributed by atoms with Crippen LogP contribution in [0.4, 0.5) is 4.39 Å². The summed E-state index contributed by atoms with van der Waals surface area (Å²) in [7, 11) is 0. The van der Waals surface area contributed by atoms with Crippen LogP contribution in [0.2, 0.25) is 0 Å². The summed E-state index contributed by atoms with van der Waals surface area (Å²) < 4.78 is 16.5. The number of carbonyl (C=O) groups excluding carboxylic acids is 1. The molecule has 2 saturated carbocycles. The van der Waals surface area contributed by atoms with Gasteiger partial charge in [0, 0.05) is 23.7 Å². The lowest BCUT2D eigenvalue weighted by Gasteiger charge is -2.23. The summed E-state index contributed by atoms with van der Waals surface area (Å²) in [6.07, 6.45) is 7.51. The van der Waals surface area contributed by atoms with Gasteiger partial charge in [-0.3, -0.25) is 9.20 Å². The highest BCUT2D eigenvalue weighted by Gasteiger charge is 2.26. The molecular formula is C21H21FN4O. The van der Waals surface area contributed by atoms with Crippen molar-refractivity contribution in [3.8, 4) is 11.1 Å². The van der Waals surface area contributed by atoms with Gasteiger partial charge in [-0.2, -0.15) is 0 Å². The second kappa shape index (κ2) is 6.15. The third-order valence-corrected chi connectivity index (χ3v) is 5.74. The molecule has 0 bridgehead atoms. The highest BCUT2D eigenvalue weighted by atomic mass is 19.1. The number of fused-ring (bicyclic) bond motifs is 1.